The molecule has 18 heavy (non-hydrogen) atoms. The molecular formula is C11H11NO5S. The van der Waals surface area contributed by atoms with Crippen molar-refractivity contribution in [2.75, 3.05) is 0 Å². The van der Waals surface area contributed by atoms with Gasteiger partial charge in [-0.25, -0.2) is 8.42 Å². The van der Waals surface area contributed by atoms with Crippen LogP contribution in [0.15, 0.2) is 28.0 Å². The first-order valence-corrected chi connectivity index (χ1v) is 6.52. The highest BCUT2D eigenvalue weighted by atomic mass is 32.2. The third-order valence-corrected chi connectivity index (χ3v) is 4.86. The second-order valence-electron chi connectivity index (χ2n) is 3.97. The van der Waals surface area contributed by atoms with Gasteiger partial charge in [-0.3, -0.25) is 4.79 Å². The quantitative estimate of drug-likeness (QED) is 0.711. The predicted octanol–water partition coefficient (Wildman–Crippen LogP) is 0.322. The Morgan fingerprint density at radius 1 is 1.39 bits per heavy atom. The lowest BCUT2D eigenvalue weighted by Crippen LogP contribution is -2.31. The van der Waals surface area contributed by atoms with Crippen molar-refractivity contribution in [1.29, 1.82) is 0 Å². The number of carbonyl (C=O) groups is 1. The van der Waals surface area contributed by atoms with Crippen LogP contribution in [-0.2, 0) is 14.6 Å². The van der Waals surface area contributed by atoms with E-state index in [4.69, 9.17) is 10.8 Å². The van der Waals surface area contributed by atoms with Crippen molar-refractivity contribution in [2.45, 2.75) is 17.9 Å². The number of rotatable bonds is 2. The molecule has 0 radical (unpaired) electrons. The maximum absolute atomic E-state index is 12.0. The Kier molecular flexibility index (Phi) is 2.67. The summed E-state index contributed by atoms with van der Waals surface area (Å²) in [6, 6.07) is 2.24. The molecule has 0 bridgehead atoms. The molecule has 1 aliphatic heterocycles. The van der Waals surface area contributed by atoms with Gasteiger partial charge in [-0.05, 0) is 25.1 Å². The highest BCUT2D eigenvalue weighted by molar-refractivity contribution is 7.95. The molecule has 1 aliphatic rings. The van der Waals surface area contributed by atoms with Crippen LogP contribution in [0.4, 0.5) is 0 Å². The zero-order valence-corrected chi connectivity index (χ0v) is 10.2. The normalized spacial score (nSPS) is 18.6. The Hall–Kier alpha value is -1.86. The van der Waals surface area contributed by atoms with Crippen molar-refractivity contribution >= 4 is 21.4 Å². The van der Waals surface area contributed by atoms with Gasteiger partial charge in [-0.15, -0.1) is 0 Å². The molecule has 1 unspecified atom stereocenters. The molecule has 1 heterocycles. The number of allylic oxidation sites excluding steroid dienone is 1. The molecular weight excluding hydrogens is 258 g/mol. The standard InChI is InChI=1S/C11H11NO5S/c1-5-9(10(12)11(14)15)7-4-6(13)2-3-8(7)18(5,16)17/h2-4,10,13H,12H2,1H3,(H,14,15). The van der Waals surface area contributed by atoms with Crippen LogP contribution in [0.1, 0.15) is 12.5 Å². The molecule has 0 aliphatic carbocycles. The Labute approximate surface area is 103 Å². The van der Waals surface area contributed by atoms with Gasteiger partial charge in [0.25, 0.3) is 0 Å². The van der Waals surface area contributed by atoms with Gasteiger partial charge in [0.1, 0.15) is 11.8 Å². The molecule has 0 fully saturated rings. The minimum absolute atomic E-state index is 0.0217. The number of hydrogen-bond donors (Lipinski definition) is 3. The van der Waals surface area contributed by atoms with Crippen molar-refractivity contribution < 1.29 is 23.4 Å². The number of nitrogens with two attached hydrogens (primary N) is 1. The highest BCUT2D eigenvalue weighted by Gasteiger charge is 2.37. The summed E-state index contributed by atoms with van der Waals surface area (Å²) in [7, 11) is -3.70. The molecule has 7 heteroatoms. The minimum atomic E-state index is -3.70. The van der Waals surface area contributed by atoms with Gasteiger partial charge < -0.3 is 15.9 Å². The van der Waals surface area contributed by atoms with E-state index in [1.165, 1.54) is 25.1 Å². The number of sulfone groups is 1. The van der Waals surface area contributed by atoms with E-state index in [2.05, 4.69) is 0 Å². The molecule has 1 aromatic carbocycles. The van der Waals surface area contributed by atoms with Crippen LogP contribution in [0.25, 0.3) is 5.57 Å². The maximum atomic E-state index is 12.0. The first-order chi connectivity index (χ1) is 8.26. The van der Waals surface area contributed by atoms with Crippen molar-refractivity contribution in [3.05, 3.63) is 28.7 Å². The fourth-order valence-electron chi connectivity index (χ4n) is 1.97. The van der Waals surface area contributed by atoms with Crippen molar-refractivity contribution in [3.63, 3.8) is 0 Å². The van der Waals surface area contributed by atoms with E-state index in [9.17, 15) is 18.3 Å². The lowest BCUT2D eigenvalue weighted by Gasteiger charge is -2.10. The largest absolute Gasteiger partial charge is 0.508 e. The molecule has 1 atom stereocenters. The number of aromatic hydroxyl groups is 1. The van der Waals surface area contributed by atoms with E-state index in [0.717, 1.165) is 0 Å². The number of phenolic OH excluding ortho intramolecular Hbond substituents is 1. The summed E-state index contributed by atoms with van der Waals surface area (Å²) >= 11 is 0. The first-order valence-electron chi connectivity index (χ1n) is 5.04. The van der Waals surface area contributed by atoms with Crippen molar-refractivity contribution in [1.82, 2.24) is 0 Å². The Bertz CT molecular complexity index is 675. The lowest BCUT2D eigenvalue weighted by atomic mass is 9.99. The highest BCUT2D eigenvalue weighted by Crippen LogP contribution is 2.41. The Morgan fingerprint density at radius 3 is 2.56 bits per heavy atom. The molecule has 96 valence electrons. The van der Waals surface area contributed by atoms with Gasteiger partial charge in [0.2, 0.25) is 9.84 Å². The smallest absolute Gasteiger partial charge is 0.325 e. The fraction of sp³-hybridized carbons (Fsp3) is 0.182. The number of carboxylic acids is 1. The van der Waals surface area contributed by atoms with E-state index in [1.807, 2.05) is 0 Å². The molecule has 4 N–H and O–H groups in total. The topological polar surface area (TPSA) is 118 Å². The summed E-state index contributed by atoms with van der Waals surface area (Å²) in [5.41, 5.74) is 5.67. The van der Waals surface area contributed by atoms with E-state index in [0.29, 0.717) is 0 Å². The van der Waals surface area contributed by atoms with Crippen LogP contribution < -0.4 is 5.73 Å². The van der Waals surface area contributed by atoms with E-state index >= 15 is 0 Å². The second-order valence-corrected chi connectivity index (χ2v) is 6.03. The molecule has 0 saturated carbocycles. The summed E-state index contributed by atoms with van der Waals surface area (Å²) in [6.45, 7) is 1.31. The average molecular weight is 269 g/mol. The number of hydrogen-bond acceptors (Lipinski definition) is 5. The van der Waals surface area contributed by atoms with E-state index in [1.54, 1.807) is 0 Å². The third kappa shape index (κ3) is 1.59. The maximum Gasteiger partial charge on any atom is 0.325 e. The van der Waals surface area contributed by atoms with Gasteiger partial charge >= 0.3 is 5.97 Å². The summed E-state index contributed by atoms with van der Waals surface area (Å²) in [5.74, 6) is -1.47. The molecule has 0 saturated heterocycles. The van der Waals surface area contributed by atoms with Gasteiger partial charge in [0.05, 0.1) is 9.80 Å². The van der Waals surface area contributed by atoms with E-state index < -0.39 is 21.8 Å². The number of carboxylic acid groups (broad SMARTS) is 1. The predicted molar refractivity (Wildman–Crippen MR) is 63.5 cm³/mol. The van der Waals surface area contributed by atoms with Crippen LogP contribution in [0.5, 0.6) is 5.75 Å². The zero-order chi connectivity index (χ0) is 13.7. The summed E-state index contributed by atoms with van der Waals surface area (Å²) in [4.78, 5) is 10.8. The van der Waals surface area contributed by atoms with Crippen LogP contribution in [0.3, 0.4) is 0 Å². The Morgan fingerprint density at radius 2 is 2.00 bits per heavy atom. The van der Waals surface area contributed by atoms with Crippen LogP contribution >= 0.6 is 0 Å². The van der Waals surface area contributed by atoms with Gasteiger partial charge in [0, 0.05) is 11.1 Å². The van der Waals surface area contributed by atoms with Crippen LogP contribution in [0, 0.1) is 0 Å². The Balaban J connectivity index is 2.79. The van der Waals surface area contributed by atoms with Crippen LogP contribution in [0.2, 0.25) is 0 Å². The molecule has 0 amide bonds. The number of fused-ring (bicyclic) bond motifs is 1. The van der Waals surface area contributed by atoms with Crippen molar-refractivity contribution in [3.8, 4) is 5.75 Å². The van der Waals surface area contributed by atoms with Crippen molar-refractivity contribution in [2.24, 2.45) is 5.73 Å². The first kappa shape index (κ1) is 12.6. The fourth-order valence-corrected chi connectivity index (χ4v) is 3.53. The molecule has 0 spiro atoms. The van der Waals surface area contributed by atoms with Gasteiger partial charge in [0.15, 0.2) is 0 Å². The second kappa shape index (κ2) is 3.82. The molecule has 0 aromatic heterocycles. The number of benzene rings is 1. The average Bonchev–Trinajstić information content (AvgIpc) is 2.46. The lowest BCUT2D eigenvalue weighted by molar-refractivity contribution is -0.137. The summed E-state index contributed by atoms with van der Waals surface area (Å²) < 4.78 is 24.1. The summed E-state index contributed by atoms with van der Waals surface area (Å²) in [6.07, 6.45) is 0. The van der Waals surface area contributed by atoms with Gasteiger partial charge in [-0.2, -0.15) is 0 Å². The molecule has 6 nitrogen and oxygen atoms in total. The SMILES string of the molecule is CC1=C(C(N)C(=O)O)c2cc(O)ccc2S1(=O)=O. The number of phenols is 1. The third-order valence-electron chi connectivity index (χ3n) is 2.90. The summed E-state index contributed by atoms with van der Waals surface area (Å²) in [5, 5.41) is 18.3. The minimum Gasteiger partial charge on any atom is -0.508 e. The monoisotopic (exact) mass is 269 g/mol. The van der Waals surface area contributed by atoms with Crippen LogP contribution in [-0.4, -0.2) is 30.6 Å². The van der Waals surface area contributed by atoms with Gasteiger partial charge in [-0.1, -0.05) is 0 Å². The zero-order valence-electron chi connectivity index (χ0n) is 9.41. The van der Waals surface area contributed by atoms with E-state index in [-0.39, 0.29) is 26.7 Å². The number of aliphatic carboxylic acids is 1. The molecule has 1 aromatic rings. The molecule has 2 rings (SSSR count).